The van der Waals surface area contributed by atoms with E-state index in [9.17, 15) is 4.79 Å². The van der Waals surface area contributed by atoms with Crippen molar-refractivity contribution in [3.05, 3.63) is 74.4 Å². The number of nitrogens with one attached hydrogen (secondary N) is 1. The Morgan fingerprint density at radius 3 is 2.43 bits per heavy atom. The number of anilines is 1. The Kier molecular flexibility index (Phi) is 5.72. The summed E-state index contributed by atoms with van der Waals surface area (Å²) in [4.78, 5) is 16.6. The molecular weight excluding hydrogens is 445 g/mol. The zero-order valence-corrected chi connectivity index (χ0v) is 18.2. The number of benzene rings is 1. The van der Waals surface area contributed by atoms with E-state index in [4.69, 9.17) is 27.9 Å². The number of halogens is 2. The van der Waals surface area contributed by atoms with Gasteiger partial charge in [-0.2, -0.15) is 0 Å². The summed E-state index contributed by atoms with van der Waals surface area (Å²) >= 11 is 13.0. The standard InChI is InChI=1S/C20H15Cl2N5O2S/c1-11-12(2)27(10-23-11)17-7-8-18(26-25-17)29-14-5-3-13(4-6-14)24-20(28)15-9-16(21)30-19(15)22/h3-10H,1-2H3,(H,24,28). The first-order chi connectivity index (χ1) is 14.4. The van der Waals surface area contributed by atoms with Crippen molar-refractivity contribution >= 4 is 46.1 Å². The van der Waals surface area contributed by atoms with Crippen LogP contribution in [-0.2, 0) is 0 Å². The Balaban J connectivity index is 1.41. The number of hydrogen-bond acceptors (Lipinski definition) is 6. The van der Waals surface area contributed by atoms with E-state index in [1.165, 1.54) is 6.07 Å². The lowest BCUT2D eigenvalue weighted by molar-refractivity contribution is 0.102. The van der Waals surface area contributed by atoms with Gasteiger partial charge in [0.25, 0.3) is 5.91 Å². The fourth-order valence-corrected chi connectivity index (χ4v) is 4.10. The molecule has 0 bridgehead atoms. The summed E-state index contributed by atoms with van der Waals surface area (Å²) < 4.78 is 8.39. The van der Waals surface area contributed by atoms with Crippen LogP contribution < -0.4 is 10.1 Å². The third-order valence-corrected chi connectivity index (χ3v) is 5.85. The van der Waals surface area contributed by atoms with Gasteiger partial charge in [-0.15, -0.1) is 21.5 Å². The highest BCUT2D eigenvalue weighted by Crippen LogP contribution is 2.31. The molecule has 7 nitrogen and oxygen atoms in total. The lowest BCUT2D eigenvalue weighted by Gasteiger charge is -2.08. The number of amides is 1. The van der Waals surface area contributed by atoms with E-state index in [0.29, 0.717) is 37.4 Å². The molecule has 0 aliphatic carbocycles. The maximum atomic E-state index is 12.3. The Morgan fingerprint density at radius 1 is 1.10 bits per heavy atom. The second-order valence-corrected chi connectivity index (χ2v) is 8.62. The van der Waals surface area contributed by atoms with Crippen molar-refractivity contribution in [1.29, 1.82) is 0 Å². The third kappa shape index (κ3) is 4.30. The molecule has 3 aromatic heterocycles. The quantitative estimate of drug-likeness (QED) is 0.414. The van der Waals surface area contributed by atoms with Crippen molar-refractivity contribution in [2.45, 2.75) is 13.8 Å². The van der Waals surface area contributed by atoms with Gasteiger partial charge in [-0.05, 0) is 50.2 Å². The number of imidazole rings is 1. The van der Waals surface area contributed by atoms with Crippen molar-refractivity contribution in [3.8, 4) is 17.4 Å². The second-order valence-electron chi connectivity index (χ2n) is 6.33. The van der Waals surface area contributed by atoms with Gasteiger partial charge in [0.05, 0.1) is 15.6 Å². The summed E-state index contributed by atoms with van der Waals surface area (Å²) in [5.74, 6) is 1.24. The van der Waals surface area contributed by atoms with Crippen LogP contribution in [-0.4, -0.2) is 25.7 Å². The summed E-state index contributed by atoms with van der Waals surface area (Å²) in [6.45, 7) is 3.91. The Labute approximate surface area is 186 Å². The van der Waals surface area contributed by atoms with Crippen LogP contribution in [0.5, 0.6) is 11.6 Å². The van der Waals surface area contributed by atoms with Gasteiger partial charge >= 0.3 is 0 Å². The normalized spacial score (nSPS) is 10.8. The van der Waals surface area contributed by atoms with E-state index in [1.54, 1.807) is 42.7 Å². The van der Waals surface area contributed by atoms with Crippen molar-refractivity contribution in [2.24, 2.45) is 0 Å². The lowest BCUT2D eigenvalue weighted by Crippen LogP contribution is -2.11. The molecular formula is C20H15Cl2N5O2S. The average molecular weight is 460 g/mol. The maximum absolute atomic E-state index is 12.3. The molecule has 0 radical (unpaired) electrons. The second kappa shape index (κ2) is 8.43. The van der Waals surface area contributed by atoms with Gasteiger partial charge in [-0.25, -0.2) is 4.98 Å². The van der Waals surface area contributed by atoms with Crippen LogP contribution in [0.25, 0.3) is 5.82 Å². The SMILES string of the molecule is Cc1ncn(-c2ccc(Oc3ccc(NC(=O)c4cc(Cl)sc4Cl)cc3)nn2)c1C. The highest BCUT2D eigenvalue weighted by molar-refractivity contribution is 7.20. The van der Waals surface area contributed by atoms with Gasteiger partial charge in [-0.1, -0.05) is 23.2 Å². The van der Waals surface area contributed by atoms with Crippen LogP contribution in [0.15, 0.2) is 48.8 Å². The molecule has 1 N–H and O–H groups in total. The van der Waals surface area contributed by atoms with E-state index < -0.39 is 0 Å². The topological polar surface area (TPSA) is 81.9 Å². The number of nitrogens with zero attached hydrogens (tertiary/aromatic N) is 4. The number of thiophene rings is 1. The summed E-state index contributed by atoms with van der Waals surface area (Å²) in [6.07, 6.45) is 1.71. The molecule has 4 aromatic rings. The molecule has 0 aliphatic rings. The molecule has 0 fully saturated rings. The molecule has 1 amide bonds. The molecule has 0 unspecified atom stereocenters. The molecule has 0 aliphatic heterocycles. The van der Waals surface area contributed by atoms with Crippen LogP contribution in [0, 0.1) is 13.8 Å². The molecule has 10 heteroatoms. The van der Waals surface area contributed by atoms with Crippen LogP contribution in [0.2, 0.25) is 8.67 Å². The van der Waals surface area contributed by atoms with Gasteiger partial charge in [0.15, 0.2) is 5.82 Å². The average Bonchev–Trinajstić information content (AvgIpc) is 3.25. The maximum Gasteiger partial charge on any atom is 0.258 e. The number of aryl methyl sites for hydroxylation is 1. The molecule has 30 heavy (non-hydrogen) atoms. The fourth-order valence-electron chi connectivity index (χ4n) is 2.65. The Bertz CT molecular complexity index is 1200. The van der Waals surface area contributed by atoms with E-state index in [1.807, 2.05) is 18.4 Å². The first-order valence-electron chi connectivity index (χ1n) is 8.79. The van der Waals surface area contributed by atoms with E-state index in [-0.39, 0.29) is 5.91 Å². The highest BCUT2D eigenvalue weighted by Gasteiger charge is 2.14. The lowest BCUT2D eigenvalue weighted by atomic mass is 10.2. The summed E-state index contributed by atoms with van der Waals surface area (Å²) in [5.41, 5.74) is 2.87. The van der Waals surface area contributed by atoms with Crippen LogP contribution in [0.4, 0.5) is 5.69 Å². The summed E-state index contributed by atoms with van der Waals surface area (Å²) in [5, 5.41) is 11.1. The molecule has 0 saturated heterocycles. The molecule has 0 spiro atoms. The number of rotatable bonds is 5. The molecule has 4 rings (SSSR count). The predicted octanol–water partition coefficient (Wildman–Crippen LogP) is 5.69. The van der Waals surface area contributed by atoms with Gasteiger partial charge < -0.3 is 10.1 Å². The number of carbonyl (C=O) groups is 1. The number of aromatic nitrogens is 4. The number of carbonyl (C=O) groups excluding carboxylic acids is 1. The monoisotopic (exact) mass is 459 g/mol. The first kappa shape index (κ1) is 20.3. The smallest absolute Gasteiger partial charge is 0.258 e. The van der Waals surface area contributed by atoms with Crippen LogP contribution >= 0.6 is 34.5 Å². The minimum atomic E-state index is -0.330. The van der Waals surface area contributed by atoms with Gasteiger partial charge in [-0.3, -0.25) is 9.36 Å². The van der Waals surface area contributed by atoms with Crippen molar-refractivity contribution in [3.63, 3.8) is 0 Å². The van der Waals surface area contributed by atoms with Gasteiger partial charge in [0.1, 0.15) is 16.4 Å². The van der Waals surface area contributed by atoms with Crippen molar-refractivity contribution in [2.75, 3.05) is 5.32 Å². The minimum absolute atomic E-state index is 0.330. The summed E-state index contributed by atoms with van der Waals surface area (Å²) in [6, 6.07) is 11.9. The van der Waals surface area contributed by atoms with Crippen molar-refractivity contribution in [1.82, 2.24) is 19.7 Å². The fraction of sp³-hybridized carbons (Fsp3) is 0.100. The van der Waals surface area contributed by atoms with E-state index in [2.05, 4.69) is 20.5 Å². The molecule has 0 saturated carbocycles. The largest absolute Gasteiger partial charge is 0.438 e. The number of hydrogen-bond donors (Lipinski definition) is 1. The molecule has 152 valence electrons. The number of ether oxygens (including phenoxy) is 1. The molecule has 1 aromatic carbocycles. The van der Waals surface area contributed by atoms with E-state index >= 15 is 0 Å². The van der Waals surface area contributed by atoms with Crippen LogP contribution in [0.3, 0.4) is 0 Å². The molecule has 3 heterocycles. The molecule has 0 atom stereocenters. The van der Waals surface area contributed by atoms with E-state index in [0.717, 1.165) is 22.7 Å². The summed E-state index contributed by atoms with van der Waals surface area (Å²) in [7, 11) is 0. The highest BCUT2D eigenvalue weighted by atomic mass is 35.5. The predicted molar refractivity (Wildman–Crippen MR) is 117 cm³/mol. The van der Waals surface area contributed by atoms with Gasteiger partial charge in [0, 0.05) is 17.4 Å². The van der Waals surface area contributed by atoms with Crippen molar-refractivity contribution < 1.29 is 9.53 Å². The van der Waals surface area contributed by atoms with Gasteiger partial charge in [0.2, 0.25) is 5.88 Å². The zero-order chi connectivity index (χ0) is 21.3. The minimum Gasteiger partial charge on any atom is -0.438 e. The third-order valence-electron chi connectivity index (χ3n) is 4.36. The van der Waals surface area contributed by atoms with Crippen LogP contribution in [0.1, 0.15) is 21.7 Å². The Morgan fingerprint density at radius 2 is 1.87 bits per heavy atom. The zero-order valence-electron chi connectivity index (χ0n) is 15.9. The Hall–Kier alpha value is -2.94. The first-order valence-corrected chi connectivity index (χ1v) is 10.4.